The van der Waals surface area contributed by atoms with E-state index < -0.39 is 10.0 Å². The van der Waals surface area contributed by atoms with Gasteiger partial charge in [0.2, 0.25) is 15.9 Å². The Balaban J connectivity index is 1.31. The molecule has 1 aromatic carbocycles. The molecule has 34 heavy (non-hydrogen) atoms. The Morgan fingerprint density at radius 1 is 1.00 bits per heavy atom. The molecule has 7 nitrogen and oxygen atoms in total. The minimum Gasteiger partial charge on any atom is -0.349 e. The molecule has 0 radical (unpaired) electrons. The van der Waals surface area contributed by atoms with Crippen molar-refractivity contribution in [1.29, 1.82) is 0 Å². The molecular formula is C26H30N4O3S. The van der Waals surface area contributed by atoms with Crippen LogP contribution in [0.2, 0.25) is 0 Å². The molecule has 0 spiro atoms. The van der Waals surface area contributed by atoms with Crippen molar-refractivity contribution in [3.63, 3.8) is 0 Å². The molecular weight excluding hydrogens is 448 g/mol. The van der Waals surface area contributed by atoms with Crippen molar-refractivity contribution in [2.24, 2.45) is 5.92 Å². The van der Waals surface area contributed by atoms with E-state index in [1.54, 1.807) is 18.3 Å². The average Bonchev–Trinajstić information content (AvgIpc) is 2.85. The smallest absolute Gasteiger partial charge is 0.242 e. The highest BCUT2D eigenvalue weighted by Gasteiger charge is 2.30. The van der Waals surface area contributed by atoms with E-state index in [1.165, 1.54) is 6.20 Å². The van der Waals surface area contributed by atoms with Crippen LogP contribution in [0.1, 0.15) is 49.9 Å². The summed E-state index contributed by atoms with van der Waals surface area (Å²) in [6.07, 6.45) is 5.64. The monoisotopic (exact) mass is 478 g/mol. The van der Waals surface area contributed by atoms with Gasteiger partial charge in [-0.05, 0) is 69.4 Å². The van der Waals surface area contributed by atoms with Gasteiger partial charge in [0, 0.05) is 35.6 Å². The number of nitrogens with one attached hydrogen (secondary N) is 2. The van der Waals surface area contributed by atoms with Gasteiger partial charge in [-0.3, -0.25) is 14.8 Å². The van der Waals surface area contributed by atoms with Gasteiger partial charge in [-0.25, -0.2) is 13.1 Å². The molecule has 0 aliphatic heterocycles. The van der Waals surface area contributed by atoms with E-state index in [0.717, 1.165) is 16.8 Å². The number of carbonyl (C=O) groups is 1. The molecule has 1 saturated carbocycles. The molecule has 2 heterocycles. The van der Waals surface area contributed by atoms with Gasteiger partial charge in [-0.1, -0.05) is 30.3 Å². The molecule has 1 aliphatic rings. The summed E-state index contributed by atoms with van der Waals surface area (Å²) >= 11 is 0. The number of aromatic nitrogens is 2. The summed E-state index contributed by atoms with van der Waals surface area (Å²) in [6, 6.07) is 16.6. The first-order chi connectivity index (χ1) is 16.3. The van der Waals surface area contributed by atoms with Crippen molar-refractivity contribution >= 4 is 15.9 Å². The topological polar surface area (TPSA) is 101 Å². The number of hydrogen-bond donors (Lipinski definition) is 2. The number of hydrogen-bond acceptors (Lipinski definition) is 5. The lowest BCUT2D eigenvalue weighted by Gasteiger charge is -2.29. The van der Waals surface area contributed by atoms with Crippen LogP contribution < -0.4 is 10.0 Å². The van der Waals surface area contributed by atoms with E-state index in [-0.39, 0.29) is 28.8 Å². The number of rotatable bonds is 7. The summed E-state index contributed by atoms with van der Waals surface area (Å²) in [5.74, 6) is -0.0690. The molecule has 2 aromatic heterocycles. The molecule has 178 valence electrons. The second-order valence-corrected chi connectivity index (χ2v) is 10.6. The fourth-order valence-corrected chi connectivity index (χ4v) is 5.58. The third kappa shape index (κ3) is 5.87. The van der Waals surface area contributed by atoms with Crippen molar-refractivity contribution in [2.75, 3.05) is 0 Å². The Labute approximate surface area is 201 Å². The zero-order valence-electron chi connectivity index (χ0n) is 19.4. The van der Waals surface area contributed by atoms with Crippen LogP contribution in [0.3, 0.4) is 0 Å². The second kappa shape index (κ2) is 10.4. The van der Waals surface area contributed by atoms with Gasteiger partial charge in [0.25, 0.3) is 0 Å². The number of pyridine rings is 2. The Morgan fingerprint density at radius 3 is 2.38 bits per heavy atom. The second-order valence-electron chi connectivity index (χ2n) is 8.88. The maximum absolute atomic E-state index is 12.9. The Kier molecular flexibility index (Phi) is 7.38. The SMILES string of the molecule is Cc1cc(-c2ccc(S(=O)(=O)NC3CCC(C(=O)N[C@H](C)c4ccccc4)CC3)cn2)ccn1. The molecule has 1 aliphatic carbocycles. The lowest BCUT2D eigenvalue weighted by atomic mass is 9.85. The zero-order chi connectivity index (χ0) is 24.1. The predicted molar refractivity (Wildman–Crippen MR) is 131 cm³/mol. The maximum Gasteiger partial charge on any atom is 0.242 e. The van der Waals surface area contributed by atoms with Gasteiger partial charge in [0.1, 0.15) is 4.90 Å². The fourth-order valence-electron chi connectivity index (χ4n) is 4.33. The molecule has 3 aromatic rings. The summed E-state index contributed by atoms with van der Waals surface area (Å²) in [4.78, 5) is 21.4. The fraction of sp³-hybridized carbons (Fsp3) is 0.346. The normalized spacial score (nSPS) is 19.4. The van der Waals surface area contributed by atoms with Crippen LogP contribution in [0.15, 0.2) is 71.9 Å². The van der Waals surface area contributed by atoms with Crippen LogP contribution in [0.25, 0.3) is 11.3 Å². The molecule has 1 atom stereocenters. The number of amides is 1. The molecule has 0 saturated heterocycles. The van der Waals surface area contributed by atoms with Crippen molar-refractivity contribution < 1.29 is 13.2 Å². The van der Waals surface area contributed by atoms with Gasteiger partial charge >= 0.3 is 0 Å². The molecule has 0 bridgehead atoms. The van der Waals surface area contributed by atoms with Gasteiger partial charge in [-0.2, -0.15) is 0 Å². The first-order valence-corrected chi connectivity index (χ1v) is 13.1. The third-order valence-electron chi connectivity index (χ3n) is 6.32. The first kappa shape index (κ1) is 24.0. The van der Waals surface area contributed by atoms with E-state index in [4.69, 9.17) is 0 Å². The largest absolute Gasteiger partial charge is 0.349 e. The minimum atomic E-state index is -3.69. The molecule has 4 rings (SSSR count). The van der Waals surface area contributed by atoms with E-state index in [2.05, 4.69) is 20.0 Å². The predicted octanol–water partition coefficient (Wildman–Crippen LogP) is 4.17. The van der Waals surface area contributed by atoms with E-state index in [1.807, 2.05) is 56.3 Å². The highest BCUT2D eigenvalue weighted by atomic mass is 32.2. The first-order valence-electron chi connectivity index (χ1n) is 11.6. The summed E-state index contributed by atoms with van der Waals surface area (Å²) in [5, 5.41) is 3.09. The number of benzene rings is 1. The molecule has 1 fully saturated rings. The number of nitrogens with zero attached hydrogens (tertiary/aromatic N) is 2. The number of carbonyl (C=O) groups excluding carboxylic acids is 1. The van der Waals surface area contributed by atoms with Gasteiger partial charge < -0.3 is 5.32 Å². The highest BCUT2D eigenvalue weighted by molar-refractivity contribution is 7.89. The highest BCUT2D eigenvalue weighted by Crippen LogP contribution is 2.27. The molecule has 0 unspecified atom stereocenters. The van der Waals surface area contributed by atoms with Crippen LogP contribution in [0, 0.1) is 12.8 Å². The number of sulfonamides is 1. The summed E-state index contributed by atoms with van der Waals surface area (Å²) in [5.41, 5.74) is 3.52. The van der Waals surface area contributed by atoms with Gasteiger partial charge in [0.15, 0.2) is 0 Å². The van der Waals surface area contributed by atoms with Crippen molar-refractivity contribution in [3.8, 4) is 11.3 Å². The lowest BCUT2D eigenvalue weighted by molar-refractivity contribution is -0.126. The Hall–Kier alpha value is -3.10. The standard InChI is InChI=1S/C26H30N4O3S/c1-18-16-22(14-15-27-18)25-13-12-24(17-28-25)34(32,33)30-23-10-8-21(9-11-23)26(31)29-19(2)20-6-4-3-5-7-20/h3-7,12-17,19,21,23,30H,8-11H2,1-2H3,(H,29,31)/t19-,21?,23?/m1/s1. The average molecular weight is 479 g/mol. The van der Waals surface area contributed by atoms with Crippen LogP contribution in [0.4, 0.5) is 0 Å². The van der Waals surface area contributed by atoms with Crippen LogP contribution in [-0.2, 0) is 14.8 Å². The van der Waals surface area contributed by atoms with E-state index in [0.29, 0.717) is 31.4 Å². The summed E-state index contributed by atoms with van der Waals surface area (Å²) in [6.45, 7) is 3.87. The van der Waals surface area contributed by atoms with Gasteiger partial charge in [-0.15, -0.1) is 0 Å². The summed E-state index contributed by atoms with van der Waals surface area (Å²) in [7, 11) is -3.69. The lowest BCUT2D eigenvalue weighted by Crippen LogP contribution is -2.41. The van der Waals surface area contributed by atoms with E-state index in [9.17, 15) is 13.2 Å². The van der Waals surface area contributed by atoms with Crippen molar-refractivity contribution in [2.45, 2.75) is 56.5 Å². The zero-order valence-corrected chi connectivity index (χ0v) is 20.3. The molecule has 8 heteroatoms. The quantitative estimate of drug-likeness (QED) is 0.531. The molecule has 1 amide bonds. The third-order valence-corrected chi connectivity index (χ3v) is 7.82. The van der Waals surface area contributed by atoms with Crippen molar-refractivity contribution in [3.05, 3.63) is 78.2 Å². The van der Waals surface area contributed by atoms with Crippen LogP contribution >= 0.6 is 0 Å². The maximum atomic E-state index is 12.9. The van der Waals surface area contributed by atoms with Crippen LogP contribution in [0.5, 0.6) is 0 Å². The van der Waals surface area contributed by atoms with E-state index >= 15 is 0 Å². The number of aryl methyl sites for hydroxylation is 1. The van der Waals surface area contributed by atoms with Gasteiger partial charge in [0.05, 0.1) is 11.7 Å². The van der Waals surface area contributed by atoms with Crippen molar-refractivity contribution in [1.82, 2.24) is 20.0 Å². The Morgan fingerprint density at radius 2 is 1.74 bits per heavy atom. The van der Waals surface area contributed by atoms with Crippen LogP contribution in [-0.4, -0.2) is 30.3 Å². The Bertz CT molecular complexity index is 1220. The summed E-state index contributed by atoms with van der Waals surface area (Å²) < 4.78 is 28.6. The molecule has 2 N–H and O–H groups in total. The minimum absolute atomic E-state index is 0.0313.